The van der Waals surface area contributed by atoms with Gasteiger partial charge in [0.25, 0.3) is 5.91 Å². The average Bonchev–Trinajstić information content (AvgIpc) is 2.53. The third-order valence-corrected chi connectivity index (χ3v) is 4.35. The summed E-state index contributed by atoms with van der Waals surface area (Å²) in [6.07, 6.45) is 2.04. The molecule has 2 aromatic carbocycles. The van der Waals surface area contributed by atoms with Crippen LogP contribution in [0.25, 0.3) is 0 Å². The first-order chi connectivity index (χ1) is 11.0. The molecule has 0 radical (unpaired) electrons. The highest BCUT2D eigenvalue weighted by Gasteiger charge is 2.11. The molecule has 4 nitrogen and oxygen atoms in total. The Morgan fingerprint density at radius 1 is 1.22 bits per heavy atom. The van der Waals surface area contributed by atoms with E-state index in [-0.39, 0.29) is 11.7 Å². The summed E-state index contributed by atoms with van der Waals surface area (Å²) in [4.78, 5) is 12.3. The van der Waals surface area contributed by atoms with Crippen LogP contribution in [-0.4, -0.2) is 17.6 Å². The van der Waals surface area contributed by atoms with Crippen LogP contribution in [0.5, 0.6) is 11.5 Å². The van der Waals surface area contributed by atoms with Gasteiger partial charge in [-0.25, -0.2) is 0 Å². The SMILES string of the molecule is CCCCOc1cccc(C(=O)Nc2cc(Br)c(O)c(Br)c2)c1. The molecule has 0 saturated carbocycles. The highest BCUT2D eigenvalue weighted by atomic mass is 79.9. The fourth-order valence-electron chi connectivity index (χ4n) is 1.90. The van der Waals surface area contributed by atoms with Gasteiger partial charge in [-0.3, -0.25) is 4.79 Å². The topological polar surface area (TPSA) is 58.6 Å². The summed E-state index contributed by atoms with van der Waals surface area (Å²) in [5, 5.41) is 12.5. The number of hydrogen-bond donors (Lipinski definition) is 2. The molecule has 0 aliphatic rings. The Hall–Kier alpha value is -1.53. The molecule has 0 fully saturated rings. The average molecular weight is 443 g/mol. The van der Waals surface area contributed by atoms with Crippen LogP contribution in [0.2, 0.25) is 0 Å². The number of phenolic OH excluding ortho intramolecular Hbond substituents is 1. The number of carbonyl (C=O) groups is 1. The molecule has 0 unspecified atom stereocenters. The molecule has 2 aromatic rings. The number of halogens is 2. The van der Waals surface area contributed by atoms with Gasteiger partial charge in [0.05, 0.1) is 15.6 Å². The molecule has 122 valence electrons. The van der Waals surface area contributed by atoms with Crippen molar-refractivity contribution < 1.29 is 14.6 Å². The molecule has 6 heteroatoms. The normalized spacial score (nSPS) is 10.4. The van der Waals surface area contributed by atoms with E-state index < -0.39 is 0 Å². The van der Waals surface area contributed by atoms with Crippen LogP contribution in [0.15, 0.2) is 45.3 Å². The summed E-state index contributed by atoms with van der Waals surface area (Å²) < 4.78 is 6.61. The molecule has 0 aliphatic heterocycles. The number of nitrogens with one attached hydrogen (secondary N) is 1. The molecule has 1 amide bonds. The second-order valence-corrected chi connectivity index (χ2v) is 6.68. The lowest BCUT2D eigenvalue weighted by atomic mass is 10.2. The highest BCUT2D eigenvalue weighted by Crippen LogP contribution is 2.35. The van der Waals surface area contributed by atoms with E-state index in [0.29, 0.717) is 32.6 Å². The largest absolute Gasteiger partial charge is 0.506 e. The Kier molecular flexibility index (Phi) is 6.47. The van der Waals surface area contributed by atoms with Crippen LogP contribution < -0.4 is 10.1 Å². The summed E-state index contributed by atoms with van der Waals surface area (Å²) in [5.74, 6) is 0.531. The van der Waals surface area contributed by atoms with Crippen molar-refractivity contribution in [1.29, 1.82) is 0 Å². The van der Waals surface area contributed by atoms with Gasteiger partial charge < -0.3 is 15.2 Å². The molecule has 0 aromatic heterocycles. The van der Waals surface area contributed by atoms with Crippen LogP contribution in [0, 0.1) is 0 Å². The van der Waals surface area contributed by atoms with Gasteiger partial charge in [0.2, 0.25) is 0 Å². The number of phenols is 1. The zero-order valence-corrected chi connectivity index (χ0v) is 15.8. The van der Waals surface area contributed by atoms with E-state index in [9.17, 15) is 9.90 Å². The molecule has 2 rings (SSSR count). The number of amides is 1. The number of unbranched alkanes of at least 4 members (excludes halogenated alkanes) is 1. The van der Waals surface area contributed by atoms with E-state index in [2.05, 4.69) is 44.1 Å². The molecule has 0 saturated heterocycles. The summed E-state index contributed by atoms with van der Waals surface area (Å²) in [6.45, 7) is 2.74. The third kappa shape index (κ3) is 4.97. The molecule has 0 heterocycles. The maximum Gasteiger partial charge on any atom is 0.255 e. The number of hydrogen-bond acceptors (Lipinski definition) is 3. The van der Waals surface area contributed by atoms with E-state index in [4.69, 9.17) is 4.74 Å². The minimum atomic E-state index is -0.240. The first-order valence-electron chi connectivity index (χ1n) is 7.23. The van der Waals surface area contributed by atoms with Crippen LogP contribution >= 0.6 is 31.9 Å². The van der Waals surface area contributed by atoms with E-state index in [1.165, 1.54) is 0 Å². The minimum Gasteiger partial charge on any atom is -0.506 e. The molecule has 0 spiro atoms. The highest BCUT2D eigenvalue weighted by molar-refractivity contribution is 9.11. The number of aromatic hydroxyl groups is 1. The summed E-state index contributed by atoms with van der Waals surface area (Å²) in [5.41, 5.74) is 1.09. The monoisotopic (exact) mass is 441 g/mol. The molecule has 0 bridgehead atoms. The van der Waals surface area contributed by atoms with Crippen LogP contribution in [0.4, 0.5) is 5.69 Å². The molecular formula is C17H17Br2NO3. The lowest BCUT2D eigenvalue weighted by Gasteiger charge is -2.10. The number of anilines is 1. The van der Waals surface area contributed by atoms with Gasteiger partial charge in [-0.15, -0.1) is 0 Å². The van der Waals surface area contributed by atoms with E-state index in [1.807, 2.05) is 6.07 Å². The van der Waals surface area contributed by atoms with Gasteiger partial charge in [-0.05, 0) is 68.6 Å². The Morgan fingerprint density at radius 2 is 1.91 bits per heavy atom. The van der Waals surface area contributed by atoms with Crippen molar-refractivity contribution in [2.24, 2.45) is 0 Å². The molecule has 23 heavy (non-hydrogen) atoms. The zero-order valence-electron chi connectivity index (χ0n) is 12.6. The first-order valence-corrected chi connectivity index (χ1v) is 8.82. The lowest BCUT2D eigenvalue weighted by molar-refractivity contribution is 0.102. The summed E-state index contributed by atoms with van der Waals surface area (Å²) in [7, 11) is 0. The Morgan fingerprint density at radius 3 is 2.57 bits per heavy atom. The fourth-order valence-corrected chi connectivity index (χ4v) is 3.09. The number of ether oxygens (including phenoxy) is 1. The van der Waals surface area contributed by atoms with Crippen molar-refractivity contribution in [1.82, 2.24) is 0 Å². The Bertz CT molecular complexity index is 681. The van der Waals surface area contributed by atoms with Crippen molar-refractivity contribution in [3.8, 4) is 11.5 Å². The number of carbonyl (C=O) groups excluding carboxylic acids is 1. The molecular weight excluding hydrogens is 426 g/mol. The van der Waals surface area contributed by atoms with Crippen molar-refractivity contribution in [2.75, 3.05) is 11.9 Å². The van der Waals surface area contributed by atoms with E-state index in [0.717, 1.165) is 12.8 Å². The number of rotatable bonds is 6. The number of benzene rings is 2. The van der Waals surface area contributed by atoms with Crippen LogP contribution in [-0.2, 0) is 0 Å². The molecule has 0 atom stereocenters. The van der Waals surface area contributed by atoms with Crippen molar-refractivity contribution >= 4 is 43.5 Å². The predicted octanol–water partition coefficient (Wildman–Crippen LogP) is 5.35. The van der Waals surface area contributed by atoms with Gasteiger partial charge >= 0.3 is 0 Å². The maximum absolute atomic E-state index is 12.3. The van der Waals surface area contributed by atoms with Crippen molar-refractivity contribution in [3.63, 3.8) is 0 Å². The summed E-state index contributed by atoms with van der Waals surface area (Å²) >= 11 is 6.48. The lowest BCUT2D eigenvalue weighted by Crippen LogP contribution is -2.12. The van der Waals surface area contributed by atoms with Crippen LogP contribution in [0.3, 0.4) is 0 Å². The Balaban J connectivity index is 2.10. The second-order valence-electron chi connectivity index (χ2n) is 4.97. The Labute approximate surface area is 152 Å². The van der Waals surface area contributed by atoms with Gasteiger partial charge in [0.15, 0.2) is 0 Å². The van der Waals surface area contributed by atoms with Crippen molar-refractivity contribution in [3.05, 3.63) is 50.9 Å². The molecule has 0 aliphatic carbocycles. The predicted molar refractivity (Wildman–Crippen MR) is 98.3 cm³/mol. The minimum absolute atomic E-state index is 0.0920. The zero-order chi connectivity index (χ0) is 16.8. The van der Waals surface area contributed by atoms with E-state index >= 15 is 0 Å². The van der Waals surface area contributed by atoms with Crippen LogP contribution in [0.1, 0.15) is 30.1 Å². The quantitative estimate of drug-likeness (QED) is 0.468. The second kappa shape index (κ2) is 8.36. The third-order valence-electron chi connectivity index (χ3n) is 3.14. The molecule has 2 N–H and O–H groups in total. The maximum atomic E-state index is 12.3. The smallest absolute Gasteiger partial charge is 0.255 e. The van der Waals surface area contributed by atoms with E-state index in [1.54, 1.807) is 30.3 Å². The van der Waals surface area contributed by atoms with Gasteiger partial charge in [-0.1, -0.05) is 19.4 Å². The fraction of sp³-hybridized carbons (Fsp3) is 0.235. The van der Waals surface area contributed by atoms with Gasteiger partial charge in [0.1, 0.15) is 11.5 Å². The van der Waals surface area contributed by atoms with Gasteiger partial charge in [-0.2, -0.15) is 0 Å². The van der Waals surface area contributed by atoms with Crippen molar-refractivity contribution in [2.45, 2.75) is 19.8 Å². The first kappa shape index (κ1) is 17.8. The summed E-state index contributed by atoms with van der Waals surface area (Å²) in [6, 6.07) is 10.3. The van der Waals surface area contributed by atoms with Gasteiger partial charge in [0, 0.05) is 11.3 Å². The standard InChI is InChI=1S/C17H17Br2NO3/c1-2-3-7-23-13-6-4-5-11(8-13)17(22)20-12-9-14(18)16(21)15(19)10-12/h4-6,8-10,21H,2-3,7H2,1H3,(H,20,22).